The zero-order valence-electron chi connectivity index (χ0n) is 11.6. The Morgan fingerprint density at radius 3 is 3.00 bits per heavy atom. The number of thiophene rings is 1. The van der Waals surface area contributed by atoms with E-state index >= 15 is 0 Å². The molecule has 0 saturated carbocycles. The van der Waals surface area contributed by atoms with Gasteiger partial charge in [0.1, 0.15) is 0 Å². The van der Waals surface area contributed by atoms with Crippen LogP contribution in [0.1, 0.15) is 37.0 Å². The van der Waals surface area contributed by atoms with E-state index in [-0.39, 0.29) is 0 Å². The highest BCUT2D eigenvalue weighted by atomic mass is 79.9. The van der Waals surface area contributed by atoms with Crippen molar-refractivity contribution in [2.24, 2.45) is 0 Å². The summed E-state index contributed by atoms with van der Waals surface area (Å²) in [5.74, 6) is 0.343. The molecule has 0 aromatic carbocycles. The van der Waals surface area contributed by atoms with E-state index in [1.165, 1.54) is 21.5 Å². The Labute approximate surface area is 132 Å². The molecule has 1 N–H and O–H groups in total. The summed E-state index contributed by atoms with van der Waals surface area (Å²) in [6.07, 6.45) is 6.31. The van der Waals surface area contributed by atoms with Crippen LogP contribution < -0.4 is 5.32 Å². The number of likely N-dealkylation sites (tertiary alicyclic amines) is 1. The van der Waals surface area contributed by atoms with Gasteiger partial charge in [0.2, 0.25) is 5.91 Å². The predicted molar refractivity (Wildman–Crippen MR) is 86.1 cm³/mol. The number of hydrogen-bond donors (Lipinski definition) is 1. The highest BCUT2D eigenvalue weighted by Crippen LogP contribution is 2.24. The van der Waals surface area contributed by atoms with Crippen LogP contribution in [-0.2, 0) is 11.2 Å². The minimum atomic E-state index is 0.343. The maximum atomic E-state index is 12.3. The zero-order chi connectivity index (χ0) is 13.9. The number of amides is 1. The van der Waals surface area contributed by atoms with E-state index in [9.17, 15) is 4.79 Å². The standard InChI is InChI=1S/C15H21BrN2OS/c16-14-7-6-13(20-14)2-1-3-15(19)18-9-8-11-4-5-12(10-18)17-11/h6-7,11-12,17H,1-5,8-10H2. The highest BCUT2D eigenvalue weighted by molar-refractivity contribution is 9.11. The minimum Gasteiger partial charge on any atom is -0.341 e. The van der Waals surface area contributed by atoms with Crippen molar-refractivity contribution in [2.75, 3.05) is 13.1 Å². The molecule has 1 aromatic heterocycles. The third-order valence-electron chi connectivity index (χ3n) is 4.32. The number of carbonyl (C=O) groups is 1. The van der Waals surface area contributed by atoms with Crippen molar-refractivity contribution in [3.63, 3.8) is 0 Å². The van der Waals surface area contributed by atoms with Crippen LogP contribution in [0.2, 0.25) is 0 Å². The first kappa shape index (κ1) is 14.5. The van der Waals surface area contributed by atoms with Gasteiger partial charge in [-0.05, 0) is 60.2 Å². The zero-order valence-corrected chi connectivity index (χ0v) is 14.0. The van der Waals surface area contributed by atoms with Crippen molar-refractivity contribution < 1.29 is 4.79 Å². The number of hydrogen-bond acceptors (Lipinski definition) is 3. The van der Waals surface area contributed by atoms with Gasteiger partial charge in [-0.3, -0.25) is 4.79 Å². The second-order valence-corrected chi connectivity index (χ2v) is 8.37. The molecule has 2 aliphatic heterocycles. The van der Waals surface area contributed by atoms with Crippen molar-refractivity contribution in [2.45, 2.75) is 50.6 Å². The molecule has 2 bridgehead atoms. The Bertz CT molecular complexity index is 476. The van der Waals surface area contributed by atoms with E-state index in [2.05, 4.69) is 38.3 Å². The molecule has 20 heavy (non-hydrogen) atoms. The largest absolute Gasteiger partial charge is 0.341 e. The van der Waals surface area contributed by atoms with E-state index in [4.69, 9.17) is 0 Å². The Balaban J connectivity index is 1.44. The van der Waals surface area contributed by atoms with Gasteiger partial charge in [0, 0.05) is 36.5 Å². The summed E-state index contributed by atoms with van der Waals surface area (Å²) in [6, 6.07) is 5.42. The van der Waals surface area contributed by atoms with E-state index in [1.807, 2.05) is 0 Å². The van der Waals surface area contributed by atoms with E-state index < -0.39 is 0 Å². The first-order valence-corrected chi connectivity index (χ1v) is 9.10. The van der Waals surface area contributed by atoms with Crippen molar-refractivity contribution >= 4 is 33.2 Å². The normalized spacial score (nSPS) is 25.8. The van der Waals surface area contributed by atoms with Gasteiger partial charge in [0.25, 0.3) is 0 Å². The molecular weight excluding hydrogens is 336 g/mol. The van der Waals surface area contributed by atoms with Gasteiger partial charge in [-0.15, -0.1) is 11.3 Å². The number of aryl methyl sites for hydroxylation is 1. The Kier molecular flexibility index (Phi) is 4.79. The molecular formula is C15H21BrN2OS. The van der Waals surface area contributed by atoms with Crippen LogP contribution in [0.3, 0.4) is 0 Å². The van der Waals surface area contributed by atoms with Gasteiger partial charge >= 0.3 is 0 Å². The molecule has 2 aliphatic rings. The van der Waals surface area contributed by atoms with Gasteiger partial charge in [-0.1, -0.05) is 0 Å². The van der Waals surface area contributed by atoms with Crippen LogP contribution in [0.5, 0.6) is 0 Å². The number of nitrogens with zero attached hydrogens (tertiary/aromatic N) is 1. The van der Waals surface area contributed by atoms with E-state index in [1.54, 1.807) is 11.3 Å². The summed E-state index contributed by atoms with van der Waals surface area (Å²) >= 11 is 5.25. The fraction of sp³-hybridized carbons (Fsp3) is 0.667. The lowest BCUT2D eigenvalue weighted by Gasteiger charge is -2.24. The van der Waals surface area contributed by atoms with Gasteiger partial charge in [-0.25, -0.2) is 0 Å². The average molecular weight is 357 g/mol. The van der Waals surface area contributed by atoms with Crippen molar-refractivity contribution in [3.8, 4) is 0 Å². The van der Waals surface area contributed by atoms with Crippen LogP contribution >= 0.6 is 27.3 Å². The van der Waals surface area contributed by atoms with Crippen LogP contribution in [0, 0.1) is 0 Å². The fourth-order valence-corrected chi connectivity index (χ4v) is 4.75. The molecule has 3 nitrogen and oxygen atoms in total. The molecule has 2 unspecified atom stereocenters. The second kappa shape index (κ2) is 6.58. The molecule has 1 aromatic rings. The summed E-state index contributed by atoms with van der Waals surface area (Å²) in [6.45, 7) is 1.86. The molecule has 2 atom stereocenters. The lowest BCUT2D eigenvalue weighted by atomic mass is 10.1. The van der Waals surface area contributed by atoms with Crippen molar-refractivity contribution in [1.82, 2.24) is 10.2 Å². The topological polar surface area (TPSA) is 32.3 Å². The molecule has 2 fully saturated rings. The Hall–Kier alpha value is -0.390. The Morgan fingerprint density at radius 1 is 1.35 bits per heavy atom. The van der Waals surface area contributed by atoms with E-state index in [0.717, 1.165) is 32.4 Å². The van der Waals surface area contributed by atoms with Gasteiger partial charge in [-0.2, -0.15) is 0 Å². The molecule has 0 radical (unpaired) electrons. The van der Waals surface area contributed by atoms with Crippen LogP contribution in [-0.4, -0.2) is 36.0 Å². The van der Waals surface area contributed by atoms with E-state index in [0.29, 0.717) is 24.4 Å². The smallest absolute Gasteiger partial charge is 0.222 e. The maximum absolute atomic E-state index is 12.3. The molecule has 5 heteroatoms. The molecule has 2 saturated heterocycles. The summed E-state index contributed by atoms with van der Waals surface area (Å²) in [4.78, 5) is 15.8. The van der Waals surface area contributed by atoms with Crippen LogP contribution in [0.25, 0.3) is 0 Å². The monoisotopic (exact) mass is 356 g/mol. The lowest BCUT2D eigenvalue weighted by molar-refractivity contribution is -0.131. The summed E-state index contributed by atoms with van der Waals surface area (Å²) in [7, 11) is 0. The van der Waals surface area contributed by atoms with Gasteiger partial charge in [0.15, 0.2) is 0 Å². The number of rotatable bonds is 4. The first-order chi connectivity index (χ1) is 9.70. The maximum Gasteiger partial charge on any atom is 0.222 e. The van der Waals surface area contributed by atoms with Crippen LogP contribution in [0.15, 0.2) is 15.9 Å². The fourth-order valence-electron chi connectivity index (χ4n) is 3.23. The summed E-state index contributed by atoms with van der Waals surface area (Å²) in [5, 5.41) is 3.62. The minimum absolute atomic E-state index is 0.343. The number of halogens is 1. The van der Waals surface area contributed by atoms with Gasteiger partial charge in [0.05, 0.1) is 3.79 Å². The molecule has 3 rings (SSSR count). The van der Waals surface area contributed by atoms with Crippen molar-refractivity contribution in [1.29, 1.82) is 0 Å². The highest BCUT2D eigenvalue weighted by Gasteiger charge is 2.30. The third kappa shape index (κ3) is 3.62. The molecule has 110 valence electrons. The van der Waals surface area contributed by atoms with Gasteiger partial charge < -0.3 is 10.2 Å². The molecule has 3 heterocycles. The predicted octanol–water partition coefficient (Wildman–Crippen LogP) is 3.19. The molecule has 0 spiro atoms. The second-order valence-electron chi connectivity index (χ2n) is 5.83. The third-order valence-corrected chi connectivity index (χ3v) is 6.00. The average Bonchev–Trinajstić information content (AvgIpc) is 2.95. The first-order valence-electron chi connectivity index (χ1n) is 7.49. The number of carbonyl (C=O) groups excluding carboxylic acids is 1. The summed E-state index contributed by atoms with van der Waals surface area (Å²) < 4.78 is 1.17. The Morgan fingerprint density at radius 2 is 2.20 bits per heavy atom. The number of fused-ring (bicyclic) bond motifs is 2. The summed E-state index contributed by atoms with van der Waals surface area (Å²) in [5.41, 5.74) is 0. The molecule has 0 aliphatic carbocycles. The quantitative estimate of drug-likeness (QED) is 0.898. The molecule has 1 amide bonds. The lowest BCUT2D eigenvalue weighted by Crippen LogP contribution is -2.38. The van der Waals surface area contributed by atoms with Crippen LogP contribution in [0.4, 0.5) is 0 Å². The SMILES string of the molecule is O=C(CCCc1ccc(Br)s1)N1CCC2CCC(C1)N2. The van der Waals surface area contributed by atoms with Crippen molar-refractivity contribution in [3.05, 3.63) is 20.8 Å². The number of nitrogens with one attached hydrogen (secondary N) is 1.